The van der Waals surface area contributed by atoms with E-state index in [1.165, 1.54) is 15.9 Å². The van der Waals surface area contributed by atoms with Crippen LogP contribution in [0.4, 0.5) is 4.79 Å². The highest BCUT2D eigenvalue weighted by Gasteiger charge is 2.59. The SMILES string of the molecule is C=CC1OC2(CN(C)C(=O)O2)N(Cc2ccccc2)C1=O. The van der Waals surface area contributed by atoms with Crippen LogP contribution in [-0.2, 0) is 20.8 Å². The zero-order valence-electron chi connectivity index (χ0n) is 11.7. The average molecular weight is 288 g/mol. The molecule has 110 valence electrons. The number of likely N-dealkylation sites (N-methyl/N-ethyl adjacent to an activating group) is 1. The van der Waals surface area contributed by atoms with E-state index in [0.29, 0.717) is 6.54 Å². The fourth-order valence-electron chi connectivity index (χ4n) is 2.56. The number of hydrogen-bond acceptors (Lipinski definition) is 4. The second-order valence-corrected chi connectivity index (χ2v) is 5.12. The first-order chi connectivity index (χ1) is 10.1. The van der Waals surface area contributed by atoms with Crippen molar-refractivity contribution in [1.29, 1.82) is 0 Å². The molecule has 0 N–H and O–H groups in total. The summed E-state index contributed by atoms with van der Waals surface area (Å²) in [7, 11) is 1.60. The summed E-state index contributed by atoms with van der Waals surface area (Å²) in [4.78, 5) is 27.0. The molecule has 6 nitrogen and oxygen atoms in total. The van der Waals surface area contributed by atoms with Crippen LogP contribution in [-0.4, -0.2) is 47.4 Å². The lowest BCUT2D eigenvalue weighted by Gasteiger charge is -2.30. The monoisotopic (exact) mass is 288 g/mol. The molecule has 21 heavy (non-hydrogen) atoms. The molecule has 2 heterocycles. The zero-order valence-corrected chi connectivity index (χ0v) is 11.7. The Balaban J connectivity index is 1.92. The highest BCUT2D eigenvalue weighted by molar-refractivity contribution is 5.86. The van der Waals surface area contributed by atoms with Crippen LogP contribution in [0, 0.1) is 0 Å². The van der Waals surface area contributed by atoms with Gasteiger partial charge in [-0.25, -0.2) is 4.79 Å². The van der Waals surface area contributed by atoms with Gasteiger partial charge < -0.3 is 14.4 Å². The van der Waals surface area contributed by atoms with Crippen molar-refractivity contribution in [1.82, 2.24) is 9.80 Å². The lowest BCUT2D eigenvalue weighted by Crippen LogP contribution is -2.49. The third kappa shape index (κ3) is 2.17. The molecule has 2 unspecified atom stereocenters. The van der Waals surface area contributed by atoms with E-state index in [2.05, 4.69) is 6.58 Å². The minimum atomic E-state index is -1.36. The molecule has 2 saturated heterocycles. The second-order valence-electron chi connectivity index (χ2n) is 5.12. The number of benzene rings is 1. The first-order valence-corrected chi connectivity index (χ1v) is 6.65. The molecule has 0 saturated carbocycles. The summed E-state index contributed by atoms with van der Waals surface area (Å²) in [5.41, 5.74) is 0.934. The fourth-order valence-corrected chi connectivity index (χ4v) is 2.56. The van der Waals surface area contributed by atoms with Crippen LogP contribution in [0.1, 0.15) is 5.56 Å². The Morgan fingerprint density at radius 3 is 2.67 bits per heavy atom. The summed E-state index contributed by atoms with van der Waals surface area (Å²) in [6, 6.07) is 9.49. The van der Waals surface area contributed by atoms with Gasteiger partial charge in [-0.05, 0) is 5.56 Å². The first kappa shape index (κ1) is 13.6. The number of carbonyl (C=O) groups is 2. The Bertz CT molecular complexity index is 589. The summed E-state index contributed by atoms with van der Waals surface area (Å²) in [5, 5.41) is 0. The molecule has 0 aromatic heterocycles. The lowest BCUT2D eigenvalue weighted by atomic mass is 10.2. The Labute approximate surface area is 122 Å². The molecule has 0 bridgehead atoms. The third-order valence-corrected chi connectivity index (χ3v) is 3.62. The third-order valence-electron chi connectivity index (χ3n) is 3.62. The molecule has 0 radical (unpaired) electrons. The molecular weight excluding hydrogens is 272 g/mol. The van der Waals surface area contributed by atoms with Crippen LogP contribution in [0.2, 0.25) is 0 Å². The summed E-state index contributed by atoms with van der Waals surface area (Å²) in [6.07, 6.45) is 0.111. The number of carbonyl (C=O) groups excluding carboxylic acids is 2. The molecule has 2 atom stereocenters. The van der Waals surface area contributed by atoms with Gasteiger partial charge in [0.05, 0.1) is 6.54 Å². The van der Waals surface area contributed by atoms with Crippen molar-refractivity contribution in [2.24, 2.45) is 0 Å². The molecule has 1 aromatic rings. The molecule has 2 amide bonds. The van der Waals surface area contributed by atoms with Gasteiger partial charge in [-0.15, -0.1) is 0 Å². The zero-order chi connectivity index (χ0) is 15.0. The molecule has 1 spiro atoms. The summed E-state index contributed by atoms with van der Waals surface area (Å²) in [5.74, 6) is -1.62. The van der Waals surface area contributed by atoms with Crippen LogP contribution in [0.15, 0.2) is 43.0 Å². The molecular formula is C15H16N2O4. The molecule has 2 fully saturated rings. The van der Waals surface area contributed by atoms with Gasteiger partial charge >= 0.3 is 12.0 Å². The van der Waals surface area contributed by atoms with E-state index < -0.39 is 18.1 Å². The maximum Gasteiger partial charge on any atom is 0.413 e. The molecule has 1 aromatic carbocycles. The molecule has 0 aliphatic carbocycles. The van der Waals surface area contributed by atoms with Crippen molar-refractivity contribution in [3.63, 3.8) is 0 Å². The minimum Gasteiger partial charge on any atom is -0.395 e. The van der Waals surface area contributed by atoms with Crippen molar-refractivity contribution in [2.75, 3.05) is 13.6 Å². The quantitative estimate of drug-likeness (QED) is 0.787. The number of hydrogen-bond donors (Lipinski definition) is 0. The van der Waals surface area contributed by atoms with Gasteiger partial charge in [0.25, 0.3) is 5.91 Å². The topological polar surface area (TPSA) is 59.1 Å². The van der Waals surface area contributed by atoms with Crippen LogP contribution in [0.25, 0.3) is 0 Å². The Hall–Kier alpha value is -2.34. The van der Waals surface area contributed by atoms with E-state index in [4.69, 9.17) is 9.47 Å². The molecule has 2 aliphatic rings. The lowest BCUT2D eigenvalue weighted by molar-refractivity contribution is -0.227. The maximum atomic E-state index is 12.4. The largest absolute Gasteiger partial charge is 0.413 e. The molecule has 6 heteroatoms. The highest BCUT2D eigenvalue weighted by Crippen LogP contribution is 2.36. The van der Waals surface area contributed by atoms with Crippen LogP contribution < -0.4 is 0 Å². The average Bonchev–Trinajstić information content (AvgIpc) is 2.90. The Morgan fingerprint density at radius 1 is 1.38 bits per heavy atom. The van der Waals surface area contributed by atoms with E-state index in [1.807, 2.05) is 30.3 Å². The van der Waals surface area contributed by atoms with E-state index in [9.17, 15) is 9.59 Å². The van der Waals surface area contributed by atoms with Crippen molar-refractivity contribution >= 4 is 12.0 Å². The van der Waals surface area contributed by atoms with Gasteiger partial charge in [0.15, 0.2) is 6.10 Å². The van der Waals surface area contributed by atoms with Crippen LogP contribution >= 0.6 is 0 Å². The summed E-state index contributed by atoms with van der Waals surface area (Å²) < 4.78 is 11.0. The Morgan fingerprint density at radius 2 is 2.10 bits per heavy atom. The van der Waals surface area contributed by atoms with Crippen LogP contribution in [0.5, 0.6) is 0 Å². The summed E-state index contributed by atoms with van der Waals surface area (Å²) >= 11 is 0. The second kappa shape index (κ2) is 4.89. The number of nitrogens with zero attached hydrogens (tertiary/aromatic N) is 2. The predicted octanol–water partition coefficient (Wildman–Crippen LogP) is 1.34. The smallest absolute Gasteiger partial charge is 0.395 e. The fraction of sp³-hybridized carbons (Fsp3) is 0.333. The van der Waals surface area contributed by atoms with E-state index in [0.717, 1.165) is 5.56 Å². The highest BCUT2D eigenvalue weighted by atomic mass is 16.8. The molecule has 2 aliphatic heterocycles. The van der Waals surface area contributed by atoms with Crippen molar-refractivity contribution in [2.45, 2.75) is 18.6 Å². The Kier molecular flexibility index (Phi) is 3.17. The maximum absolute atomic E-state index is 12.4. The van der Waals surface area contributed by atoms with E-state index >= 15 is 0 Å². The van der Waals surface area contributed by atoms with Gasteiger partial charge in [0.1, 0.15) is 6.54 Å². The van der Waals surface area contributed by atoms with E-state index in [1.54, 1.807) is 7.05 Å². The van der Waals surface area contributed by atoms with Gasteiger partial charge in [0.2, 0.25) is 0 Å². The van der Waals surface area contributed by atoms with Crippen molar-refractivity contribution in [3.05, 3.63) is 48.6 Å². The van der Waals surface area contributed by atoms with Crippen molar-refractivity contribution in [3.8, 4) is 0 Å². The normalized spacial score (nSPS) is 28.3. The van der Waals surface area contributed by atoms with E-state index in [-0.39, 0.29) is 12.5 Å². The van der Waals surface area contributed by atoms with Gasteiger partial charge in [-0.1, -0.05) is 43.0 Å². The number of rotatable bonds is 3. The number of amides is 2. The number of ether oxygens (including phenoxy) is 2. The standard InChI is InChI=1S/C15H16N2O4/c1-3-12-13(18)17(9-11-7-5-4-6-8-11)15(20-12)10-16(2)14(19)21-15/h3-8,12H,1,9-10H2,2H3. The first-order valence-electron chi connectivity index (χ1n) is 6.65. The van der Waals surface area contributed by atoms with Gasteiger partial charge in [-0.3, -0.25) is 9.69 Å². The summed E-state index contributed by atoms with van der Waals surface area (Å²) in [6.45, 7) is 4.09. The van der Waals surface area contributed by atoms with Gasteiger partial charge in [-0.2, -0.15) is 0 Å². The van der Waals surface area contributed by atoms with Crippen LogP contribution in [0.3, 0.4) is 0 Å². The minimum absolute atomic E-state index is 0.175. The predicted molar refractivity (Wildman–Crippen MR) is 73.9 cm³/mol. The molecule has 3 rings (SSSR count). The van der Waals surface area contributed by atoms with Gasteiger partial charge in [0, 0.05) is 7.05 Å². The van der Waals surface area contributed by atoms with Crippen molar-refractivity contribution < 1.29 is 19.1 Å².